The molecule has 1 aliphatic heterocycles. The zero-order valence-electron chi connectivity index (χ0n) is 11.4. The zero-order valence-corrected chi connectivity index (χ0v) is 11.4. The number of aryl methyl sites for hydroxylation is 1. The lowest BCUT2D eigenvalue weighted by Crippen LogP contribution is -2.19. The maximum atomic E-state index is 10.4. The summed E-state index contributed by atoms with van der Waals surface area (Å²) in [4.78, 5) is 12.6. The SMILES string of the molecule is CN(CCCCC(=O)O)c1ccc2c(c1)CCCO2. The van der Waals surface area contributed by atoms with Crippen LogP contribution in [0.5, 0.6) is 5.75 Å². The van der Waals surface area contributed by atoms with Crippen molar-refractivity contribution in [3.63, 3.8) is 0 Å². The fraction of sp³-hybridized carbons (Fsp3) is 0.533. The summed E-state index contributed by atoms with van der Waals surface area (Å²) in [6.07, 6.45) is 4.05. The normalized spacial score (nSPS) is 13.5. The molecule has 0 saturated carbocycles. The van der Waals surface area contributed by atoms with Crippen molar-refractivity contribution in [1.82, 2.24) is 0 Å². The van der Waals surface area contributed by atoms with Gasteiger partial charge in [-0.1, -0.05) is 0 Å². The molecule has 19 heavy (non-hydrogen) atoms. The summed E-state index contributed by atoms with van der Waals surface area (Å²) in [6.45, 7) is 1.70. The van der Waals surface area contributed by atoms with E-state index >= 15 is 0 Å². The van der Waals surface area contributed by atoms with Gasteiger partial charge in [-0.25, -0.2) is 0 Å². The van der Waals surface area contributed by atoms with Crippen LogP contribution in [0.25, 0.3) is 0 Å². The molecule has 1 aromatic rings. The first-order valence-corrected chi connectivity index (χ1v) is 6.85. The van der Waals surface area contributed by atoms with E-state index in [0.717, 1.165) is 44.6 Å². The topological polar surface area (TPSA) is 49.8 Å². The molecule has 4 nitrogen and oxygen atoms in total. The Labute approximate surface area is 114 Å². The van der Waals surface area contributed by atoms with Gasteiger partial charge in [-0.15, -0.1) is 0 Å². The van der Waals surface area contributed by atoms with Crippen molar-refractivity contribution in [2.45, 2.75) is 32.1 Å². The highest BCUT2D eigenvalue weighted by Crippen LogP contribution is 2.28. The molecule has 0 spiro atoms. The number of carboxylic acids is 1. The van der Waals surface area contributed by atoms with Crippen LogP contribution < -0.4 is 9.64 Å². The van der Waals surface area contributed by atoms with Crippen molar-refractivity contribution >= 4 is 11.7 Å². The Morgan fingerprint density at radius 1 is 1.42 bits per heavy atom. The second kappa shape index (κ2) is 6.45. The zero-order chi connectivity index (χ0) is 13.7. The summed E-state index contributed by atoms with van der Waals surface area (Å²) < 4.78 is 5.60. The van der Waals surface area contributed by atoms with Gasteiger partial charge < -0.3 is 14.7 Å². The summed E-state index contributed by atoms with van der Waals surface area (Å²) in [7, 11) is 2.05. The van der Waals surface area contributed by atoms with E-state index in [1.807, 2.05) is 13.1 Å². The Morgan fingerprint density at radius 2 is 2.26 bits per heavy atom. The molecule has 0 atom stereocenters. The number of ether oxygens (including phenoxy) is 1. The maximum absolute atomic E-state index is 10.4. The third kappa shape index (κ3) is 3.88. The minimum Gasteiger partial charge on any atom is -0.493 e. The highest BCUT2D eigenvalue weighted by Gasteiger charge is 2.11. The predicted molar refractivity (Wildman–Crippen MR) is 75.0 cm³/mol. The van der Waals surface area contributed by atoms with Crippen LogP contribution in [0, 0.1) is 0 Å². The smallest absolute Gasteiger partial charge is 0.303 e. The van der Waals surface area contributed by atoms with Crippen LogP contribution in [-0.2, 0) is 11.2 Å². The molecule has 0 saturated heterocycles. The van der Waals surface area contributed by atoms with Crippen molar-refractivity contribution in [1.29, 1.82) is 0 Å². The summed E-state index contributed by atoms with van der Waals surface area (Å²) in [6, 6.07) is 6.30. The van der Waals surface area contributed by atoms with Gasteiger partial charge in [0.05, 0.1) is 6.61 Å². The van der Waals surface area contributed by atoms with Gasteiger partial charge in [0.2, 0.25) is 0 Å². The van der Waals surface area contributed by atoms with E-state index in [-0.39, 0.29) is 6.42 Å². The van der Waals surface area contributed by atoms with Gasteiger partial charge in [0.25, 0.3) is 0 Å². The quantitative estimate of drug-likeness (QED) is 0.802. The van der Waals surface area contributed by atoms with Gasteiger partial charge in [0, 0.05) is 25.7 Å². The van der Waals surface area contributed by atoms with E-state index in [1.54, 1.807) is 0 Å². The third-order valence-electron chi connectivity index (χ3n) is 3.47. The Balaban J connectivity index is 1.88. The summed E-state index contributed by atoms with van der Waals surface area (Å²) >= 11 is 0. The second-order valence-corrected chi connectivity index (χ2v) is 5.02. The van der Waals surface area contributed by atoms with Gasteiger partial charge in [0.15, 0.2) is 0 Å². The van der Waals surface area contributed by atoms with Crippen LogP contribution in [0.3, 0.4) is 0 Å². The number of carbonyl (C=O) groups is 1. The lowest BCUT2D eigenvalue weighted by molar-refractivity contribution is -0.137. The number of nitrogens with zero attached hydrogens (tertiary/aromatic N) is 1. The van der Waals surface area contributed by atoms with Crippen molar-refractivity contribution in [2.75, 3.05) is 25.1 Å². The first-order valence-electron chi connectivity index (χ1n) is 6.85. The highest BCUT2D eigenvalue weighted by atomic mass is 16.5. The molecule has 1 heterocycles. The molecule has 1 N–H and O–H groups in total. The Bertz CT molecular complexity index is 445. The van der Waals surface area contributed by atoms with Crippen LogP contribution in [0.15, 0.2) is 18.2 Å². The van der Waals surface area contributed by atoms with Crippen molar-refractivity contribution in [3.8, 4) is 5.75 Å². The van der Waals surface area contributed by atoms with Gasteiger partial charge in [-0.3, -0.25) is 4.79 Å². The van der Waals surface area contributed by atoms with Crippen molar-refractivity contribution in [3.05, 3.63) is 23.8 Å². The highest BCUT2D eigenvalue weighted by molar-refractivity contribution is 5.66. The third-order valence-corrected chi connectivity index (χ3v) is 3.47. The van der Waals surface area contributed by atoms with Crippen LogP contribution in [0.4, 0.5) is 5.69 Å². The standard InChI is InChI=1S/C15H21NO3/c1-16(9-3-2-6-15(17)18)13-7-8-14-12(11-13)5-4-10-19-14/h7-8,11H,2-6,9-10H2,1H3,(H,17,18). The Morgan fingerprint density at radius 3 is 3.05 bits per heavy atom. The number of fused-ring (bicyclic) bond motifs is 1. The van der Waals surface area contributed by atoms with Gasteiger partial charge in [0.1, 0.15) is 5.75 Å². The fourth-order valence-electron chi connectivity index (χ4n) is 2.34. The Hall–Kier alpha value is -1.71. The number of rotatable bonds is 6. The molecule has 4 heteroatoms. The second-order valence-electron chi connectivity index (χ2n) is 5.02. The Kier molecular flexibility index (Phi) is 4.66. The molecule has 0 radical (unpaired) electrons. The average molecular weight is 263 g/mol. The van der Waals surface area contributed by atoms with E-state index in [9.17, 15) is 4.79 Å². The molecule has 104 valence electrons. The van der Waals surface area contributed by atoms with Crippen LogP contribution in [0.1, 0.15) is 31.2 Å². The van der Waals surface area contributed by atoms with Crippen molar-refractivity contribution in [2.24, 2.45) is 0 Å². The molecule has 0 aromatic heterocycles. The van der Waals surface area contributed by atoms with Crippen LogP contribution in [0.2, 0.25) is 0 Å². The largest absolute Gasteiger partial charge is 0.493 e. The van der Waals surface area contributed by atoms with Crippen LogP contribution in [-0.4, -0.2) is 31.3 Å². The lowest BCUT2D eigenvalue weighted by Gasteiger charge is -2.23. The van der Waals surface area contributed by atoms with E-state index in [2.05, 4.69) is 17.0 Å². The summed E-state index contributed by atoms with van der Waals surface area (Å²) in [5.41, 5.74) is 2.46. The van der Waals surface area contributed by atoms with E-state index in [4.69, 9.17) is 9.84 Å². The van der Waals surface area contributed by atoms with Gasteiger partial charge in [-0.2, -0.15) is 0 Å². The number of benzene rings is 1. The first-order chi connectivity index (χ1) is 9.16. The lowest BCUT2D eigenvalue weighted by atomic mass is 10.1. The molecular formula is C15H21NO3. The molecule has 0 bridgehead atoms. The number of hydrogen-bond donors (Lipinski definition) is 1. The summed E-state index contributed by atoms with van der Waals surface area (Å²) in [5.74, 6) is 0.294. The number of anilines is 1. The molecule has 0 fully saturated rings. The molecule has 0 aliphatic carbocycles. The molecule has 0 unspecified atom stereocenters. The summed E-state index contributed by atoms with van der Waals surface area (Å²) in [5, 5.41) is 8.60. The first kappa shape index (κ1) is 13.7. The average Bonchev–Trinajstić information content (AvgIpc) is 2.42. The minimum absolute atomic E-state index is 0.256. The van der Waals surface area contributed by atoms with E-state index in [0.29, 0.717) is 0 Å². The molecular weight excluding hydrogens is 242 g/mol. The number of aliphatic carboxylic acids is 1. The number of hydrogen-bond acceptors (Lipinski definition) is 3. The molecule has 1 aromatic carbocycles. The maximum Gasteiger partial charge on any atom is 0.303 e. The van der Waals surface area contributed by atoms with E-state index in [1.165, 1.54) is 11.3 Å². The van der Waals surface area contributed by atoms with Gasteiger partial charge >= 0.3 is 5.97 Å². The number of carboxylic acid groups (broad SMARTS) is 1. The molecule has 1 aliphatic rings. The molecule has 2 rings (SSSR count). The van der Waals surface area contributed by atoms with Crippen LogP contribution >= 0.6 is 0 Å². The van der Waals surface area contributed by atoms with Crippen molar-refractivity contribution < 1.29 is 14.6 Å². The molecule has 0 amide bonds. The number of unbranched alkanes of at least 4 members (excludes halogenated alkanes) is 1. The fourth-order valence-corrected chi connectivity index (χ4v) is 2.34. The monoisotopic (exact) mass is 263 g/mol. The predicted octanol–water partition coefficient (Wildman–Crippen LogP) is 2.70. The van der Waals surface area contributed by atoms with Gasteiger partial charge in [-0.05, 0) is 49.4 Å². The van der Waals surface area contributed by atoms with E-state index < -0.39 is 5.97 Å². The minimum atomic E-state index is -0.714.